The largest absolute Gasteiger partial charge is 0.370 e. The molecule has 0 aliphatic heterocycles. The third-order valence-corrected chi connectivity index (χ3v) is 4.27. The van der Waals surface area contributed by atoms with E-state index in [0.29, 0.717) is 6.42 Å². The van der Waals surface area contributed by atoms with Gasteiger partial charge < -0.3 is 11.1 Å². The number of carbonyl (C=O) groups is 1. The lowest BCUT2D eigenvalue weighted by Crippen LogP contribution is -2.42. The van der Waals surface area contributed by atoms with Gasteiger partial charge in [-0.1, -0.05) is 20.8 Å². The third kappa shape index (κ3) is 4.78. The van der Waals surface area contributed by atoms with Crippen molar-refractivity contribution in [2.75, 3.05) is 0 Å². The molecule has 4 heteroatoms. The van der Waals surface area contributed by atoms with E-state index in [2.05, 4.69) is 38.2 Å². The van der Waals surface area contributed by atoms with Crippen molar-refractivity contribution in [3.8, 4) is 0 Å². The number of nitrogens with two attached hydrogens (primary N) is 1. The molecule has 0 aliphatic carbocycles. The van der Waals surface area contributed by atoms with Gasteiger partial charge in [0.2, 0.25) is 5.91 Å². The molecule has 3 nitrogen and oxygen atoms in total. The van der Waals surface area contributed by atoms with Crippen molar-refractivity contribution in [2.24, 2.45) is 5.73 Å². The van der Waals surface area contributed by atoms with Crippen LogP contribution in [-0.4, -0.2) is 11.4 Å². The van der Waals surface area contributed by atoms with Crippen LogP contribution >= 0.6 is 11.3 Å². The first-order chi connectivity index (χ1) is 8.10. The molecule has 1 heterocycles. The molecule has 1 aromatic rings. The minimum atomic E-state index is -0.269. The summed E-state index contributed by atoms with van der Waals surface area (Å²) in [6, 6.07) is 4.33. The fraction of sp³-hybridized carbons (Fsp3) is 0.643. The second kappa shape index (κ2) is 5.41. The zero-order valence-electron chi connectivity index (χ0n) is 12.0. The van der Waals surface area contributed by atoms with Crippen molar-refractivity contribution < 1.29 is 4.79 Å². The Bertz CT molecular complexity index is 416. The minimum Gasteiger partial charge on any atom is -0.370 e. The van der Waals surface area contributed by atoms with Gasteiger partial charge >= 0.3 is 0 Å². The van der Waals surface area contributed by atoms with Crippen LogP contribution in [0.1, 0.15) is 50.8 Å². The maximum atomic E-state index is 10.9. The molecule has 3 N–H and O–H groups in total. The molecule has 0 saturated carbocycles. The Kier molecular flexibility index (Phi) is 4.56. The average Bonchev–Trinajstić information content (AvgIpc) is 2.60. The van der Waals surface area contributed by atoms with E-state index in [0.717, 1.165) is 6.54 Å². The fourth-order valence-electron chi connectivity index (χ4n) is 1.70. The van der Waals surface area contributed by atoms with E-state index >= 15 is 0 Å². The first kappa shape index (κ1) is 15.2. The fourth-order valence-corrected chi connectivity index (χ4v) is 2.71. The normalized spacial score (nSPS) is 12.7. The topological polar surface area (TPSA) is 55.1 Å². The molecule has 102 valence electrons. The van der Waals surface area contributed by atoms with Gasteiger partial charge in [0.15, 0.2) is 0 Å². The summed E-state index contributed by atoms with van der Waals surface area (Å²) in [7, 11) is 0. The predicted octanol–water partition coefficient (Wildman–Crippen LogP) is 2.79. The van der Waals surface area contributed by atoms with Crippen LogP contribution in [0.15, 0.2) is 12.1 Å². The Labute approximate surface area is 114 Å². The summed E-state index contributed by atoms with van der Waals surface area (Å²) in [6.45, 7) is 11.4. The Morgan fingerprint density at radius 2 is 1.89 bits per heavy atom. The van der Waals surface area contributed by atoms with Gasteiger partial charge in [-0.3, -0.25) is 4.79 Å². The van der Waals surface area contributed by atoms with Gasteiger partial charge in [0.1, 0.15) is 0 Å². The Morgan fingerprint density at radius 3 is 2.33 bits per heavy atom. The lowest BCUT2D eigenvalue weighted by atomic mass is 9.95. The molecule has 1 aromatic heterocycles. The number of primary amides is 1. The number of hydrogen-bond acceptors (Lipinski definition) is 3. The van der Waals surface area contributed by atoms with Gasteiger partial charge in [-0.05, 0) is 31.4 Å². The highest BCUT2D eigenvalue weighted by Crippen LogP contribution is 2.29. The van der Waals surface area contributed by atoms with E-state index in [1.54, 1.807) is 0 Å². The van der Waals surface area contributed by atoms with Crippen molar-refractivity contribution in [2.45, 2.75) is 58.5 Å². The maximum Gasteiger partial charge on any atom is 0.219 e. The first-order valence-corrected chi connectivity index (χ1v) is 7.04. The molecule has 18 heavy (non-hydrogen) atoms. The van der Waals surface area contributed by atoms with Crippen molar-refractivity contribution in [1.29, 1.82) is 0 Å². The highest BCUT2D eigenvalue weighted by molar-refractivity contribution is 7.12. The van der Waals surface area contributed by atoms with Gasteiger partial charge in [-0.2, -0.15) is 0 Å². The van der Waals surface area contributed by atoms with Crippen LogP contribution in [-0.2, 0) is 16.8 Å². The molecule has 0 unspecified atom stereocenters. The van der Waals surface area contributed by atoms with Gasteiger partial charge in [-0.15, -0.1) is 11.3 Å². The third-order valence-electron chi connectivity index (χ3n) is 2.76. The quantitative estimate of drug-likeness (QED) is 0.862. The highest BCUT2D eigenvalue weighted by Gasteiger charge is 2.21. The van der Waals surface area contributed by atoms with Crippen LogP contribution in [0.3, 0.4) is 0 Å². The number of hydrogen-bond donors (Lipinski definition) is 2. The van der Waals surface area contributed by atoms with Crippen molar-refractivity contribution in [1.82, 2.24) is 5.32 Å². The first-order valence-electron chi connectivity index (χ1n) is 6.23. The number of amides is 1. The molecule has 0 bridgehead atoms. The molecular weight excluding hydrogens is 244 g/mol. The summed E-state index contributed by atoms with van der Waals surface area (Å²) in [5.74, 6) is -0.269. The van der Waals surface area contributed by atoms with Crippen LogP contribution < -0.4 is 11.1 Å². The van der Waals surface area contributed by atoms with Gasteiger partial charge in [0, 0.05) is 28.3 Å². The summed E-state index contributed by atoms with van der Waals surface area (Å²) >= 11 is 1.82. The van der Waals surface area contributed by atoms with E-state index in [-0.39, 0.29) is 16.9 Å². The maximum absolute atomic E-state index is 10.9. The van der Waals surface area contributed by atoms with Crippen LogP contribution in [0, 0.1) is 0 Å². The van der Waals surface area contributed by atoms with Crippen LogP contribution in [0.5, 0.6) is 0 Å². The summed E-state index contributed by atoms with van der Waals surface area (Å²) in [5.41, 5.74) is 5.18. The Balaban J connectivity index is 2.59. The monoisotopic (exact) mass is 268 g/mol. The smallest absolute Gasteiger partial charge is 0.219 e. The number of nitrogens with one attached hydrogen (secondary N) is 1. The molecule has 0 radical (unpaired) electrons. The van der Waals surface area contributed by atoms with Crippen molar-refractivity contribution >= 4 is 17.2 Å². The summed E-state index contributed by atoms with van der Waals surface area (Å²) in [5, 5.41) is 3.38. The van der Waals surface area contributed by atoms with Crippen molar-refractivity contribution in [3.05, 3.63) is 21.9 Å². The Morgan fingerprint density at radius 1 is 1.28 bits per heavy atom. The molecular formula is C14H24N2OS. The molecule has 0 aromatic carbocycles. The second-order valence-electron chi connectivity index (χ2n) is 6.40. The van der Waals surface area contributed by atoms with E-state index < -0.39 is 0 Å². The molecule has 0 aliphatic rings. The molecule has 0 saturated heterocycles. The summed E-state index contributed by atoms with van der Waals surface area (Å²) in [4.78, 5) is 13.6. The SMILES string of the molecule is CC(C)(CC(N)=O)NCc1ccc(C(C)(C)C)s1. The van der Waals surface area contributed by atoms with E-state index in [4.69, 9.17) is 5.73 Å². The summed E-state index contributed by atoms with van der Waals surface area (Å²) < 4.78 is 0. The second-order valence-corrected chi connectivity index (χ2v) is 7.56. The number of thiophene rings is 1. The highest BCUT2D eigenvalue weighted by atomic mass is 32.1. The standard InChI is InChI=1S/C14H24N2OS/c1-13(2,3)11-7-6-10(18-11)9-16-14(4,5)8-12(15)17/h6-7,16H,8-9H2,1-5H3,(H2,15,17). The molecule has 1 amide bonds. The van der Waals surface area contributed by atoms with Crippen LogP contribution in [0.2, 0.25) is 0 Å². The average molecular weight is 268 g/mol. The van der Waals surface area contributed by atoms with Gasteiger partial charge in [0.05, 0.1) is 0 Å². The van der Waals surface area contributed by atoms with Gasteiger partial charge in [0.25, 0.3) is 0 Å². The van der Waals surface area contributed by atoms with E-state index in [9.17, 15) is 4.79 Å². The molecule has 0 spiro atoms. The number of carbonyl (C=O) groups excluding carboxylic acids is 1. The van der Waals surface area contributed by atoms with Crippen molar-refractivity contribution in [3.63, 3.8) is 0 Å². The Hall–Kier alpha value is -0.870. The predicted molar refractivity (Wildman–Crippen MR) is 77.7 cm³/mol. The van der Waals surface area contributed by atoms with Crippen LogP contribution in [0.4, 0.5) is 0 Å². The molecule has 1 rings (SSSR count). The van der Waals surface area contributed by atoms with E-state index in [1.165, 1.54) is 9.75 Å². The zero-order valence-corrected chi connectivity index (χ0v) is 12.8. The van der Waals surface area contributed by atoms with Gasteiger partial charge in [-0.25, -0.2) is 0 Å². The lowest BCUT2D eigenvalue weighted by molar-refractivity contribution is -0.119. The molecule has 0 atom stereocenters. The number of rotatable bonds is 5. The molecule has 0 fully saturated rings. The lowest BCUT2D eigenvalue weighted by Gasteiger charge is -2.24. The minimum absolute atomic E-state index is 0.200. The van der Waals surface area contributed by atoms with E-state index in [1.807, 2.05) is 25.2 Å². The summed E-state index contributed by atoms with van der Waals surface area (Å²) in [6.07, 6.45) is 0.352. The zero-order chi connectivity index (χ0) is 14.0. The van der Waals surface area contributed by atoms with Crippen LogP contribution in [0.25, 0.3) is 0 Å².